The SMILES string of the molecule is COc1cc(C(=N)N2CCCC2)cc(Cl)c1OC. The van der Waals surface area contributed by atoms with Gasteiger partial charge in [-0.3, -0.25) is 5.41 Å². The quantitative estimate of drug-likeness (QED) is 0.677. The van der Waals surface area contributed by atoms with Crippen molar-refractivity contribution in [2.45, 2.75) is 12.8 Å². The van der Waals surface area contributed by atoms with Crippen LogP contribution in [0.4, 0.5) is 0 Å². The van der Waals surface area contributed by atoms with Crippen molar-refractivity contribution in [3.05, 3.63) is 22.7 Å². The largest absolute Gasteiger partial charge is 0.493 e. The van der Waals surface area contributed by atoms with Crippen molar-refractivity contribution < 1.29 is 9.47 Å². The Kier molecular flexibility index (Phi) is 3.97. The Balaban J connectivity index is 2.33. The van der Waals surface area contributed by atoms with Crippen molar-refractivity contribution in [1.29, 1.82) is 5.41 Å². The number of amidine groups is 1. The highest BCUT2D eigenvalue weighted by Crippen LogP contribution is 2.36. The van der Waals surface area contributed by atoms with Gasteiger partial charge in [0.2, 0.25) is 0 Å². The maximum atomic E-state index is 8.19. The van der Waals surface area contributed by atoms with E-state index in [2.05, 4.69) is 4.90 Å². The van der Waals surface area contributed by atoms with Gasteiger partial charge in [0.25, 0.3) is 0 Å². The predicted octanol–water partition coefficient (Wildman–Crippen LogP) is 2.78. The molecule has 0 saturated carbocycles. The number of nitrogens with one attached hydrogen (secondary N) is 1. The Morgan fingerprint density at radius 1 is 1.22 bits per heavy atom. The number of likely N-dealkylation sites (tertiary alicyclic amines) is 1. The lowest BCUT2D eigenvalue weighted by molar-refractivity contribution is 0.355. The summed E-state index contributed by atoms with van der Waals surface area (Å²) in [6.45, 7) is 1.87. The smallest absolute Gasteiger partial charge is 0.179 e. The van der Waals surface area contributed by atoms with Gasteiger partial charge in [0, 0.05) is 18.7 Å². The van der Waals surface area contributed by atoms with Crippen LogP contribution in [-0.2, 0) is 0 Å². The maximum Gasteiger partial charge on any atom is 0.179 e. The Hall–Kier alpha value is -1.42. The zero-order valence-corrected chi connectivity index (χ0v) is 11.4. The van der Waals surface area contributed by atoms with Crippen LogP contribution in [0.2, 0.25) is 5.02 Å². The first-order chi connectivity index (χ1) is 8.67. The van der Waals surface area contributed by atoms with Gasteiger partial charge in [-0.05, 0) is 25.0 Å². The van der Waals surface area contributed by atoms with E-state index in [4.69, 9.17) is 26.5 Å². The summed E-state index contributed by atoms with van der Waals surface area (Å²) in [5.41, 5.74) is 0.763. The number of nitrogens with zero attached hydrogens (tertiary/aromatic N) is 1. The third-order valence-corrected chi connectivity index (χ3v) is 3.41. The lowest BCUT2D eigenvalue weighted by atomic mass is 10.1. The van der Waals surface area contributed by atoms with Crippen molar-refractivity contribution in [2.75, 3.05) is 27.3 Å². The van der Waals surface area contributed by atoms with E-state index in [1.54, 1.807) is 26.4 Å². The highest BCUT2D eigenvalue weighted by molar-refractivity contribution is 6.32. The van der Waals surface area contributed by atoms with E-state index < -0.39 is 0 Å². The topological polar surface area (TPSA) is 45.5 Å². The molecule has 0 atom stereocenters. The monoisotopic (exact) mass is 268 g/mol. The second-order valence-corrected chi connectivity index (χ2v) is 4.64. The molecule has 0 amide bonds. The number of hydrogen-bond donors (Lipinski definition) is 1. The molecule has 98 valence electrons. The van der Waals surface area contributed by atoms with Crippen LogP contribution < -0.4 is 9.47 Å². The first-order valence-electron chi connectivity index (χ1n) is 5.92. The minimum atomic E-state index is 0.468. The molecule has 1 aliphatic heterocycles. The molecular formula is C13H17ClN2O2. The molecule has 18 heavy (non-hydrogen) atoms. The standard InChI is InChI=1S/C13H17ClN2O2/c1-17-11-8-9(7-10(14)12(11)18-2)13(15)16-5-3-4-6-16/h7-8,15H,3-6H2,1-2H3. The van der Waals surface area contributed by atoms with Crippen molar-refractivity contribution in [1.82, 2.24) is 4.90 Å². The molecule has 0 radical (unpaired) electrons. The van der Waals surface area contributed by atoms with Gasteiger partial charge in [-0.1, -0.05) is 11.6 Å². The van der Waals surface area contributed by atoms with E-state index in [-0.39, 0.29) is 0 Å². The van der Waals surface area contributed by atoms with Crippen LogP contribution in [-0.4, -0.2) is 38.0 Å². The molecule has 0 aliphatic carbocycles. The van der Waals surface area contributed by atoms with Gasteiger partial charge < -0.3 is 14.4 Å². The second kappa shape index (κ2) is 5.48. The molecule has 1 aliphatic rings. The average Bonchev–Trinajstić information content (AvgIpc) is 2.90. The van der Waals surface area contributed by atoms with Crippen molar-refractivity contribution in [2.24, 2.45) is 0 Å². The Labute approximate surface area is 112 Å². The minimum Gasteiger partial charge on any atom is -0.493 e. The fraction of sp³-hybridized carbons (Fsp3) is 0.462. The summed E-state index contributed by atoms with van der Waals surface area (Å²) in [6, 6.07) is 3.55. The molecule has 1 aromatic carbocycles. The normalized spacial score (nSPS) is 14.7. The van der Waals surface area contributed by atoms with Crippen molar-refractivity contribution in [3.63, 3.8) is 0 Å². The van der Waals surface area contributed by atoms with E-state index in [9.17, 15) is 0 Å². The van der Waals surface area contributed by atoms with Crippen LogP contribution in [0.5, 0.6) is 11.5 Å². The number of hydrogen-bond acceptors (Lipinski definition) is 3. The van der Waals surface area contributed by atoms with Gasteiger partial charge in [0.05, 0.1) is 19.2 Å². The highest BCUT2D eigenvalue weighted by Gasteiger charge is 2.19. The number of halogens is 1. The van der Waals surface area contributed by atoms with Gasteiger partial charge in [-0.25, -0.2) is 0 Å². The summed E-state index contributed by atoms with van der Waals surface area (Å²) < 4.78 is 10.4. The zero-order chi connectivity index (χ0) is 13.1. The first-order valence-corrected chi connectivity index (χ1v) is 6.30. The first kappa shape index (κ1) is 13.0. The minimum absolute atomic E-state index is 0.468. The summed E-state index contributed by atoms with van der Waals surface area (Å²) in [5.74, 6) is 1.57. The number of rotatable bonds is 3. The molecule has 1 saturated heterocycles. The van der Waals surface area contributed by atoms with E-state index >= 15 is 0 Å². The summed E-state index contributed by atoms with van der Waals surface area (Å²) in [4.78, 5) is 2.05. The number of methoxy groups -OCH3 is 2. The zero-order valence-electron chi connectivity index (χ0n) is 10.6. The fourth-order valence-corrected chi connectivity index (χ4v) is 2.47. The maximum absolute atomic E-state index is 8.19. The van der Waals surface area contributed by atoms with Crippen molar-refractivity contribution in [3.8, 4) is 11.5 Å². The molecule has 0 aromatic heterocycles. The molecule has 2 rings (SSSR count). The molecule has 5 heteroatoms. The molecule has 1 heterocycles. The molecule has 1 aromatic rings. The van der Waals surface area contributed by atoms with E-state index in [1.165, 1.54) is 0 Å². The lowest BCUT2D eigenvalue weighted by Gasteiger charge is -2.20. The van der Waals surface area contributed by atoms with Crippen LogP contribution in [0, 0.1) is 5.41 Å². The van der Waals surface area contributed by atoms with Gasteiger partial charge >= 0.3 is 0 Å². The van der Waals surface area contributed by atoms with Crippen LogP contribution in [0.3, 0.4) is 0 Å². The van der Waals surface area contributed by atoms with Gasteiger partial charge in [-0.2, -0.15) is 0 Å². The Morgan fingerprint density at radius 3 is 2.44 bits per heavy atom. The molecule has 4 nitrogen and oxygen atoms in total. The third-order valence-electron chi connectivity index (χ3n) is 3.13. The lowest BCUT2D eigenvalue weighted by Crippen LogP contribution is -2.27. The molecule has 0 unspecified atom stereocenters. The molecule has 1 N–H and O–H groups in total. The highest BCUT2D eigenvalue weighted by atomic mass is 35.5. The Morgan fingerprint density at radius 2 is 1.89 bits per heavy atom. The van der Waals surface area contributed by atoms with Crippen LogP contribution in [0.1, 0.15) is 18.4 Å². The van der Waals surface area contributed by atoms with Gasteiger partial charge in [0.15, 0.2) is 11.5 Å². The van der Waals surface area contributed by atoms with Gasteiger partial charge in [0.1, 0.15) is 5.84 Å². The van der Waals surface area contributed by atoms with E-state index in [0.29, 0.717) is 22.4 Å². The Bertz CT molecular complexity index is 457. The van der Waals surface area contributed by atoms with Crippen LogP contribution >= 0.6 is 11.6 Å². The number of ether oxygens (including phenoxy) is 2. The fourth-order valence-electron chi connectivity index (χ4n) is 2.18. The van der Waals surface area contributed by atoms with Crippen molar-refractivity contribution >= 4 is 17.4 Å². The molecular weight excluding hydrogens is 252 g/mol. The number of benzene rings is 1. The predicted molar refractivity (Wildman–Crippen MR) is 72.2 cm³/mol. The summed E-state index contributed by atoms with van der Waals surface area (Å²) in [7, 11) is 3.12. The summed E-state index contributed by atoms with van der Waals surface area (Å²) in [6.07, 6.45) is 2.28. The summed E-state index contributed by atoms with van der Waals surface area (Å²) >= 11 is 6.14. The summed E-state index contributed by atoms with van der Waals surface area (Å²) in [5, 5.41) is 8.66. The van der Waals surface area contributed by atoms with E-state index in [0.717, 1.165) is 31.5 Å². The van der Waals surface area contributed by atoms with E-state index in [1.807, 2.05) is 0 Å². The second-order valence-electron chi connectivity index (χ2n) is 4.24. The van der Waals surface area contributed by atoms with Crippen LogP contribution in [0.25, 0.3) is 0 Å². The van der Waals surface area contributed by atoms with Crippen LogP contribution in [0.15, 0.2) is 12.1 Å². The third kappa shape index (κ3) is 2.38. The molecule has 0 bridgehead atoms. The average molecular weight is 269 g/mol. The van der Waals surface area contributed by atoms with Gasteiger partial charge in [-0.15, -0.1) is 0 Å². The molecule has 0 spiro atoms. The molecule has 1 fully saturated rings.